The van der Waals surface area contributed by atoms with Crippen LogP contribution in [0.2, 0.25) is 15.1 Å². The maximum absolute atomic E-state index is 6.07. The van der Waals surface area contributed by atoms with Crippen molar-refractivity contribution in [3.63, 3.8) is 0 Å². The van der Waals surface area contributed by atoms with Crippen molar-refractivity contribution in [1.82, 2.24) is 5.48 Å². The van der Waals surface area contributed by atoms with Crippen molar-refractivity contribution < 1.29 is 9.57 Å². The first kappa shape index (κ1) is 15.5. The molecule has 2 aromatic carbocycles. The maximum Gasteiger partial charge on any atom is 0.140 e. The third kappa shape index (κ3) is 3.50. The van der Waals surface area contributed by atoms with Gasteiger partial charge in [0.2, 0.25) is 0 Å². The molecule has 0 radical (unpaired) electrons. The quantitative estimate of drug-likeness (QED) is 0.785. The number of rotatable bonds is 4. The average Bonchev–Trinajstić information content (AvgIpc) is 2.99. The molecule has 3 rings (SSSR count). The van der Waals surface area contributed by atoms with Crippen molar-refractivity contribution in [2.24, 2.45) is 0 Å². The second-order valence-electron chi connectivity index (χ2n) is 4.71. The van der Waals surface area contributed by atoms with Gasteiger partial charge in [-0.25, -0.2) is 0 Å². The van der Waals surface area contributed by atoms with Crippen molar-refractivity contribution in [1.29, 1.82) is 0 Å². The van der Waals surface area contributed by atoms with Crippen molar-refractivity contribution in [3.8, 4) is 5.75 Å². The maximum atomic E-state index is 6.07. The van der Waals surface area contributed by atoms with Gasteiger partial charge in [0.25, 0.3) is 0 Å². The molecule has 3 nitrogen and oxygen atoms in total. The highest BCUT2D eigenvalue weighted by Gasteiger charge is 2.19. The van der Waals surface area contributed by atoms with E-state index in [-0.39, 0.29) is 6.10 Å². The standard InChI is InChI=1S/C16H12Cl3NO2/c17-12-7-14(19)16(8-13(12)18)21-9-11-6-15(20-22-11)10-4-2-1-3-5-10/h1-8,11,20H,9H2/t11-/m0/s1. The fourth-order valence-corrected chi connectivity index (χ4v) is 2.63. The van der Waals surface area contributed by atoms with Gasteiger partial charge in [0, 0.05) is 6.07 Å². The van der Waals surface area contributed by atoms with Gasteiger partial charge in [-0.15, -0.1) is 0 Å². The van der Waals surface area contributed by atoms with Crippen LogP contribution < -0.4 is 10.2 Å². The largest absolute Gasteiger partial charge is 0.489 e. The molecule has 0 saturated carbocycles. The minimum atomic E-state index is -0.222. The molecule has 6 heteroatoms. The number of halogens is 3. The topological polar surface area (TPSA) is 30.5 Å². The van der Waals surface area contributed by atoms with Crippen LogP contribution in [0, 0.1) is 0 Å². The van der Waals surface area contributed by atoms with E-state index in [1.165, 1.54) is 0 Å². The van der Waals surface area contributed by atoms with Crippen molar-refractivity contribution in [2.75, 3.05) is 6.61 Å². The molecular formula is C16H12Cl3NO2. The van der Waals surface area contributed by atoms with Crippen molar-refractivity contribution in [2.45, 2.75) is 6.10 Å². The average molecular weight is 357 g/mol. The third-order valence-electron chi connectivity index (χ3n) is 3.14. The fraction of sp³-hybridized carbons (Fsp3) is 0.125. The Hall–Kier alpha value is -1.39. The van der Waals surface area contributed by atoms with Crippen LogP contribution in [-0.2, 0) is 4.84 Å². The number of hydrogen-bond acceptors (Lipinski definition) is 3. The summed E-state index contributed by atoms with van der Waals surface area (Å²) in [4.78, 5) is 5.47. The number of hydroxylamine groups is 1. The summed E-state index contributed by atoms with van der Waals surface area (Å²) < 4.78 is 5.66. The zero-order valence-electron chi connectivity index (χ0n) is 11.4. The zero-order chi connectivity index (χ0) is 15.5. The van der Waals surface area contributed by atoms with E-state index in [1.807, 2.05) is 36.4 Å². The Morgan fingerprint density at radius 1 is 1.00 bits per heavy atom. The summed E-state index contributed by atoms with van der Waals surface area (Å²) in [5.74, 6) is 0.473. The van der Waals surface area contributed by atoms with Crippen molar-refractivity contribution >= 4 is 40.5 Å². The van der Waals surface area contributed by atoms with Crippen LogP contribution in [0.25, 0.3) is 5.70 Å². The van der Waals surface area contributed by atoms with E-state index >= 15 is 0 Å². The minimum absolute atomic E-state index is 0.222. The van der Waals surface area contributed by atoms with E-state index in [1.54, 1.807) is 12.1 Å². The van der Waals surface area contributed by atoms with E-state index in [2.05, 4.69) is 5.48 Å². The van der Waals surface area contributed by atoms with Gasteiger partial charge in [-0.2, -0.15) is 0 Å². The summed E-state index contributed by atoms with van der Waals surface area (Å²) in [6.45, 7) is 0.307. The van der Waals surface area contributed by atoms with Crippen molar-refractivity contribution in [3.05, 3.63) is 69.2 Å². The molecule has 114 valence electrons. The SMILES string of the molecule is Clc1cc(Cl)c(OC[C@@H]2C=C(c3ccccc3)NO2)cc1Cl. The Morgan fingerprint density at radius 2 is 1.73 bits per heavy atom. The van der Waals surface area contributed by atoms with Crippen LogP contribution in [0.5, 0.6) is 5.75 Å². The van der Waals surface area contributed by atoms with Gasteiger partial charge in [-0.05, 0) is 17.7 Å². The second kappa shape index (κ2) is 6.80. The summed E-state index contributed by atoms with van der Waals surface area (Å²) in [6.07, 6.45) is 1.74. The molecule has 2 aromatic rings. The lowest BCUT2D eigenvalue weighted by atomic mass is 10.1. The van der Waals surface area contributed by atoms with Crippen LogP contribution in [0.1, 0.15) is 5.56 Å². The van der Waals surface area contributed by atoms with Gasteiger partial charge in [0.15, 0.2) is 0 Å². The fourth-order valence-electron chi connectivity index (χ4n) is 2.03. The van der Waals surface area contributed by atoms with Gasteiger partial charge < -0.3 is 4.74 Å². The van der Waals surface area contributed by atoms with Gasteiger partial charge in [-0.3, -0.25) is 10.3 Å². The Morgan fingerprint density at radius 3 is 2.50 bits per heavy atom. The summed E-state index contributed by atoms with van der Waals surface area (Å²) in [7, 11) is 0. The molecule has 1 aliphatic rings. The third-order valence-corrected chi connectivity index (χ3v) is 4.15. The highest BCUT2D eigenvalue weighted by atomic mass is 35.5. The monoisotopic (exact) mass is 355 g/mol. The molecular weight excluding hydrogens is 345 g/mol. The lowest BCUT2D eigenvalue weighted by molar-refractivity contribution is 0.0236. The van der Waals surface area contributed by atoms with Gasteiger partial charge >= 0.3 is 0 Å². The molecule has 0 amide bonds. The Kier molecular flexibility index (Phi) is 4.79. The molecule has 0 spiro atoms. The van der Waals surface area contributed by atoms with E-state index in [0.29, 0.717) is 27.4 Å². The molecule has 0 saturated heterocycles. The lowest BCUT2D eigenvalue weighted by Gasteiger charge is -2.12. The van der Waals surface area contributed by atoms with Crippen LogP contribution >= 0.6 is 34.8 Å². The molecule has 1 aliphatic heterocycles. The second-order valence-corrected chi connectivity index (χ2v) is 5.93. The molecule has 1 heterocycles. The summed E-state index contributed by atoms with van der Waals surface area (Å²) in [5, 5.41) is 1.20. The smallest absolute Gasteiger partial charge is 0.140 e. The number of hydrogen-bond donors (Lipinski definition) is 1. The van der Waals surface area contributed by atoms with E-state index in [4.69, 9.17) is 44.4 Å². The summed E-state index contributed by atoms with van der Waals surface area (Å²) in [6, 6.07) is 13.1. The molecule has 1 N–H and O–H groups in total. The van der Waals surface area contributed by atoms with Crippen LogP contribution in [0.3, 0.4) is 0 Å². The highest BCUT2D eigenvalue weighted by molar-refractivity contribution is 6.43. The minimum Gasteiger partial charge on any atom is -0.489 e. The highest BCUT2D eigenvalue weighted by Crippen LogP contribution is 2.34. The first-order valence-electron chi connectivity index (χ1n) is 6.60. The van der Waals surface area contributed by atoms with Crippen LogP contribution in [0.4, 0.5) is 0 Å². The molecule has 1 atom stereocenters. The van der Waals surface area contributed by atoms with E-state index in [9.17, 15) is 0 Å². The first-order chi connectivity index (χ1) is 10.6. The molecule has 0 unspecified atom stereocenters. The van der Waals surface area contributed by atoms with Gasteiger partial charge in [0.05, 0.1) is 20.8 Å². The predicted octanol–water partition coefficient (Wildman–Crippen LogP) is 4.97. The normalized spacial score (nSPS) is 17.0. The predicted molar refractivity (Wildman–Crippen MR) is 89.4 cm³/mol. The number of ether oxygens (including phenoxy) is 1. The van der Waals surface area contributed by atoms with E-state index < -0.39 is 0 Å². The molecule has 0 fully saturated rings. The zero-order valence-corrected chi connectivity index (χ0v) is 13.6. The van der Waals surface area contributed by atoms with E-state index in [0.717, 1.165) is 11.3 Å². The Balaban J connectivity index is 1.66. The number of nitrogens with one attached hydrogen (secondary N) is 1. The summed E-state index contributed by atoms with van der Waals surface area (Å²) in [5.41, 5.74) is 4.86. The summed E-state index contributed by atoms with van der Waals surface area (Å²) >= 11 is 17.9. The van der Waals surface area contributed by atoms with Gasteiger partial charge in [-0.1, -0.05) is 65.1 Å². The van der Waals surface area contributed by atoms with Gasteiger partial charge in [0.1, 0.15) is 18.5 Å². The first-order valence-corrected chi connectivity index (χ1v) is 7.73. The molecule has 22 heavy (non-hydrogen) atoms. The lowest BCUT2D eigenvalue weighted by Crippen LogP contribution is -2.19. The van der Waals surface area contributed by atoms with Crippen LogP contribution in [0.15, 0.2) is 48.5 Å². The Labute approximate surface area is 143 Å². The molecule has 0 aliphatic carbocycles. The Bertz CT molecular complexity index is 704. The van der Waals surface area contributed by atoms with Crippen LogP contribution in [-0.4, -0.2) is 12.7 Å². The number of benzene rings is 2. The molecule has 0 bridgehead atoms. The molecule has 0 aromatic heterocycles.